The van der Waals surface area contributed by atoms with Crippen molar-refractivity contribution in [1.29, 1.82) is 0 Å². The third-order valence-corrected chi connectivity index (χ3v) is 5.15. The summed E-state index contributed by atoms with van der Waals surface area (Å²) in [6.45, 7) is 1.48. The lowest BCUT2D eigenvalue weighted by molar-refractivity contribution is -0.386. The summed E-state index contributed by atoms with van der Waals surface area (Å²) in [7, 11) is 3.64. The number of halogens is 3. The summed E-state index contributed by atoms with van der Waals surface area (Å²) in [6.07, 6.45) is -4.67. The minimum absolute atomic E-state index is 0.0347. The molecule has 1 fully saturated rings. The van der Waals surface area contributed by atoms with E-state index in [4.69, 9.17) is 18.9 Å². The second-order valence-electron chi connectivity index (χ2n) is 7.08. The van der Waals surface area contributed by atoms with E-state index in [1.165, 1.54) is 20.3 Å². The van der Waals surface area contributed by atoms with Gasteiger partial charge in [0.05, 0.1) is 56.4 Å². The number of nitro benzene ring substituents is 1. The van der Waals surface area contributed by atoms with Crippen molar-refractivity contribution in [3.05, 3.63) is 45.5 Å². The van der Waals surface area contributed by atoms with Crippen LogP contribution in [0, 0.1) is 10.1 Å². The Morgan fingerprint density at radius 3 is 2.26 bits per heavy atom. The van der Waals surface area contributed by atoms with Crippen LogP contribution >= 0.6 is 0 Å². The molecule has 0 bridgehead atoms. The van der Waals surface area contributed by atoms with Crippen LogP contribution in [-0.4, -0.2) is 58.5 Å². The summed E-state index contributed by atoms with van der Waals surface area (Å²) in [5.74, 6) is -1.54. The van der Waals surface area contributed by atoms with Gasteiger partial charge in [-0.15, -0.1) is 0 Å². The number of hydrogen-bond donors (Lipinski definition) is 1. The predicted octanol–water partition coefficient (Wildman–Crippen LogP) is 3.73. The number of carbonyl (C=O) groups is 1. The SMILES string of the molecule is COc1cc(C(=O)Nc2cc(C(F)(F)F)ccc2N2CCOCC2)c([N+](=O)[O-])c(OC)c1OC. The lowest BCUT2D eigenvalue weighted by Crippen LogP contribution is -2.37. The molecule has 0 unspecified atom stereocenters. The summed E-state index contributed by atoms with van der Waals surface area (Å²) in [4.78, 5) is 25.9. The van der Waals surface area contributed by atoms with Gasteiger partial charge in [-0.2, -0.15) is 13.2 Å². The molecular weight excluding hydrogens is 463 g/mol. The molecular formula is C21H22F3N3O7. The minimum Gasteiger partial charge on any atom is -0.493 e. The first-order valence-corrected chi connectivity index (χ1v) is 9.95. The highest BCUT2D eigenvalue weighted by Crippen LogP contribution is 2.46. The molecule has 10 nitrogen and oxygen atoms in total. The maximum Gasteiger partial charge on any atom is 0.416 e. The van der Waals surface area contributed by atoms with Crippen LogP contribution < -0.4 is 24.4 Å². The van der Waals surface area contributed by atoms with Crippen molar-refractivity contribution in [1.82, 2.24) is 0 Å². The standard InChI is InChI=1S/C21H22F3N3O7/c1-31-16-11-13(17(27(29)30)19(33-3)18(16)32-2)20(28)25-14-10-12(21(22,23)24)4-5-15(14)26-6-8-34-9-7-26/h4-5,10-11H,6-9H2,1-3H3,(H,25,28). The van der Waals surface area contributed by atoms with Crippen molar-refractivity contribution in [2.45, 2.75) is 6.18 Å². The van der Waals surface area contributed by atoms with Gasteiger partial charge in [-0.3, -0.25) is 14.9 Å². The van der Waals surface area contributed by atoms with Crippen molar-refractivity contribution in [3.8, 4) is 17.2 Å². The van der Waals surface area contributed by atoms with E-state index in [2.05, 4.69) is 5.32 Å². The number of rotatable bonds is 7. The molecule has 2 aromatic carbocycles. The normalized spacial score (nSPS) is 13.9. The number of nitro groups is 1. The van der Waals surface area contributed by atoms with Crippen LogP contribution in [0.2, 0.25) is 0 Å². The van der Waals surface area contributed by atoms with Gasteiger partial charge in [0.1, 0.15) is 5.56 Å². The molecule has 1 aliphatic heterocycles. The molecule has 0 spiro atoms. The Labute approximate surface area is 192 Å². The molecule has 13 heteroatoms. The Morgan fingerprint density at radius 1 is 1.09 bits per heavy atom. The van der Waals surface area contributed by atoms with E-state index in [9.17, 15) is 28.1 Å². The van der Waals surface area contributed by atoms with Gasteiger partial charge in [0.25, 0.3) is 5.91 Å². The highest BCUT2D eigenvalue weighted by Gasteiger charge is 2.34. The van der Waals surface area contributed by atoms with E-state index >= 15 is 0 Å². The first kappa shape index (κ1) is 24.9. The Balaban J connectivity index is 2.12. The average Bonchev–Trinajstić information content (AvgIpc) is 2.82. The number of alkyl halides is 3. The largest absolute Gasteiger partial charge is 0.493 e. The molecule has 0 atom stereocenters. The van der Waals surface area contributed by atoms with Gasteiger partial charge in [0.15, 0.2) is 5.75 Å². The number of amides is 1. The molecule has 0 radical (unpaired) electrons. The number of ether oxygens (including phenoxy) is 4. The monoisotopic (exact) mass is 485 g/mol. The first-order valence-electron chi connectivity index (χ1n) is 9.95. The van der Waals surface area contributed by atoms with Crippen molar-refractivity contribution in [2.75, 3.05) is 57.8 Å². The molecule has 184 valence electrons. The lowest BCUT2D eigenvalue weighted by atomic mass is 10.1. The molecule has 3 rings (SSSR count). The smallest absolute Gasteiger partial charge is 0.416 e. The molecule has 1 saturated heterocycles. The van der Waals surface area contributed by atoms with Gasteiger partial charge in [-0.05, 0) is 18.2 Å². The fraction of sp³-hybridized carbons (Fsp3) is 0.381. The summed E-state index contributed by atoms with van der Waals surface area (Å²) >= 11 is 0. The maximum absolute atomic E-state index is 13.4. The highest BCUT2D eigenvalue weighted by atomic mass is 19.4. The van der Waals surface area contributed by atoms with Gasteiger partial charge in [0.2, 0.25) is 11.5 Å². The molecule has 1 N–H and O–H groups in total. The van der Waals surface area contributed by atoms with Crippen LogP contribution in [0.3, 0.4) is 0 Å². The molecule has 1 heterocycles. The van der Waals surface area contributed by atoms with E-state index < -0.39 is 33.8 Å². The van der Waals surface area contributed by atoms with Gasteiger partial charge in [0, 0.05) is 19.2 Å². The Morgan fingerprint density at radius 2 is 1.74 bits per heavy atom. The van der Waals surface area contributed by atoms with Gasteiger partial charge in [-0.1, -0.05) is 0 Å². The number of nitrogens with one attached hydrogen (secondary N) is 1. The van der Waals surface area contributed by atoms with E-state index in [1.54, 1.807) is 4.90 Å². The van der Waals surface area contributed by atoms with Crippen LogP contribution in [0.1, 0.15) is 15.9 Å². The zero-order valence-electron chi connectivity index (χ0n) is 18.5. The highest BCUT2D eigenvalue weighted by molar-refractivity contribution is 6.10. The summed E-state index contributed by atoms with van der Waals surface area (Å²) in [5, 5.41) is 14.2. The Hall–Kier alpha value is -3.74. The van der Waals surface area contributed by atoms with Crippen molar-refractivity contribution in [2.24, 2.45) is 0 Å². The molecule has 0 aromatic heterocycles. The quantitative estimate of drug-likeness (QED) is 0.467. The van der Waals surface area contributed by atoms with Gasteiger partial charge in [-0.25, -0.2) is 0 Å². The maximum atomic E-state index is 13.4. The summed E-state index contributed by atoms with van der Waals surface area (Å²) in [5.41, 5.74) is -2.04. The Kier molecular flexibility index (Phi) is 7.35. The second kappa shape index (κ2) is 10.0. The van der Waals surface area contributed by atoms with Gasteiger partial charge >= 0.3 is 11.9 Å². The molecule has 34 heavy (non-hydrogen) atoms. The molecule has 2 aromatic rings. The van der Waals surface area contributed by atoms with Crippen LogP contribution in [0.15, 0.2) is 24.3 Å². The second-order valence-corrected chi connectivity index (χ2v) is 7.08. The average molecular weight is 485 g/mol. The molecule has 0 saturated carbocycles. The number of methoxy groups -OCH3 is 3. The van der Waals surface area contributed by atoms with E-state index in [0.29, 0.717) is 32.0 Å². The van der Waals surface area contributed by atoms with Crippen molar-refractivity contribution < 1.29 is 41.8 Å². The van der Waals surface area contributed by atoms with E-state index in [-0.39, 0.29) is 22.9 Å². The number of morpholine rings is 1. The number of carbonyl (C=O) groups excluding carboxylic acids is 1. The summed E-state index contributed by atoms with van der Waals surface area (Å²) in [6, 6.07) is 4.00. The third-order valence-electron chi connectivity index (χ3n) is 5.15. The fourth-order valence-corrected chi connectivity index (χ4v) is 3.58. The minimum atomic E-state index is -4.67. The topological polar surface area (TPSA) is 112 Å². The van der Waals surface area contributed by atoms with Crippen molar-refractivity contribution >= 4 is 23.0 Å². The molecule has 0 aliphatic carbocycles. The zero-order chi connectivity index (χ0) is 25.0. The van der Waals surface area contributed by atoms with Crippen LogP contribution in [0.5, 0.6) is 17.2 Å². The fourth-order valence-electron chi connectivity index (χ4n) is 3.58. The summed E-state index contributed by atoms with van der Waals surface area (Å²) < 4.78 is 60.8. The lowest BCUT2D eigenvalue weighted by Gasteiger charge is -2.31. The van der Waals surface area contributed by atoms with Crippen molar-refractivity contribution in [3.63, 3.8) is 0 Å². The van der Waals surface area contributed by atoms with Crippen LogP contribution in [-0.2, 0) is 10.9 Å². The molecule has 1 amide bonds. The van der Waals surface area contributed by atoms with Crippen LogP contribution in [0.4, 0.5) is 30.2 Å². The van der Waals surface area contributed by atoms with Crippen LogP contribution in [0.25, 0.3) is 0 Å². The first-order chi connectivity index (χ1) is 16.1. The molecule has 1 aliphatic rings. The number of nitrogens with zero attached hydrogens (tertiary/aromatic N) is 2. The zero-order valence-corrected chi connectivity index (χ0v) is 18.5. The third kappa shape index (κ3) is 4.93. The number of hydrogen-bond acceptors (Lipinski definition) is 8. The number of anilines is 2. The van der Waals surface area contributed by atoms with Gasteiger partial charge < -0.3 is 29.2 Å². The van der Waals surface area contributed by atoms with E-state index in [1.807, 2.05) is 0 Å². The predicted molar refractivity (Wildman–Crippen MR) is 115 cm³/mol. The Bertz CT molecular complexity index is 1090. The van der Waals surface area contributed by atoms with E-state index in [0.717, 1.165) is 25.3 Å². The number of benzene rings is 2.